The SMILES string of the molecule is O=C([O-])c1ccc2sc3ccc(C(=O)[O-])cc3c(=O)c2c1. The lowest BCUT2D eigenvalue weighted by Gasteiger charge is -2.07. The molecule has 3 aromatic rings. The predicted octanol–water partition coefficient (Wildman–Crippen LogP) is 0.142. The van der Waals surface area contributed by atoms with Gasteiger partial charge in [-0.05, 0) is 35.4 Å². The number of carbonyl (C=O) groups excluding carboxylic acids is 2. The third-order valence-corrected chi connectivity index (χ3v) is 4.29. The highest BCUT2D eigenvalue weighted by Gasteiger charge is 2.08. The smallest absolute Gasteiger partial charge is 0.195 e. The van der Waals surface area contributed by atoms with Crippen LogP contribution in [0.5, 0.6) is 0 Å². The number of aromatic carboxylic acids is 2. The molecule has 0 amide bonds. The van der Waals surface area contributed by atoms with Crippen LogP contribution in [0, 0.1) is 0 Å². The quantitative estimate of drug-likeness (QED) is 0.627. The molecule has 0 aliphatic carbocycles. The largest absolute Gasteiger partial charge is 0.545 e. The Labute approximate surface area is 121 Å². The third kappa shape index (κ3) is 2.15. The first kappa shape index (κ1) is 13.3. The van der Waals surface area contributed by atoms with E-state index >= 15 is 0 Å². The summed E-state index contributed by atoms with van der Waals surface area (Å²) in [5, 5.41) is 22.2. The standard InChI is InChI=1S/C15H8O5S/c16-13-9-5-7(14(17)18)1-3-11(9)21-12-4-2-8(15(19)20)6-10(12)13/h1-6H,(H,17,18)(H,19,20)/p-2. The molecule has 104 valence electrons. The van der Waals surface area contributed by atoms with Crippen LogP contribution in [0.4, 0.5) is 0 Å². The van der Waals surface area contributed by atoms with Crippen molar-refractivity contribution < 1.29 is 19.8 Å². The molecule has 3 rings (SSSR count). The van der Waals surface area contributed by atoms with E-state index in [0.717, 1.165) is 0 Å². The van der Waals surface area contributed by atoms with Crippen molar-refractivity contribution >= 4 is 43.4 Å². The van der Waals surface area contributed by atoms with E-state index in [0.29, 0.717) is 9.40 Å². The molecule has 1 heterocycles. The highest BCUT2D eigenvalue weighted by atomic mass is 32.1. The first-order valence-electron chi connectivity index (χ1n) is 5.90. The average molecular weight is 298 g/mol. The molecule has 0 radical (unpaired) electrons. The van der Waals surface area contributed by atoms with Gasteiger partial charge in [-0.25, -0.2) is 0 Å². The maximum Gasteiger partial charge on any atom is 0.195 e. The Kier molecular flexibility index (Phi) is 2.95. The summed E-state index contributed by atoms with van der Waals surface area (Å²) in [6.45, 7) is 0. The lowest BCUT2D eigenvalue weighted by Crippen LogP contribution is -2.22. The zero-order valence-electron chi connectivity index (χ0n) is 10.4. The molecule has 0 aliphatic rings. The summed E-state index contributed by atoms with van der Waals surface area (Å²) in [5.41, 5.74) is -0.602. The zero-order valence-corrected chi connectivity index (χ0v) is 11.2. The van der Waals surface area contributed by atoms with Gasteiger partial charge in [0.15, 0.2) is 5.43 Å². The van der Waals surface area contributed by atoms with Gasteiger partial charge in [-0.3, -0.25) is 4.79 Å². The van der Waals surface area contributed by atoms with Crippen LogP contribution in [0.15, 0.2) is 41.2 Å². The number of rotatable bonds is 2. The Bertz CT molecular complexity index is 896. The molecule has 0 unspecified atom stereocenters. The summed E-state index contributed by atoms with van der Waals surface area (Å²) >= 11 is 1.28. The molecular weight excluding hydrogens is 292 g/mol. The van der Waals surface area contributed by atoms with Gasteiger partial charge in [-0.15, -0.1) is 11.3 Å². The van der Waals surface area contributed by atoms with Crippen molar-refractivity contribution in [3.8, 4) is 0 Å². The van der Waals surface area contributed by atoms with Crippen molar-refractivity contribution in [1.82, 2.24) is 0 Å². The molecule has 0 saturated heterocycles. The van der Waals surface area contributed by atoms with Crippen LogP contribution in [0.2, 0.25) is 0 Å². The van der Waals surface area contributed by atoms with E-state index in [1.165, 1.54) is 35.6 Å². The fourth-order valence-electron chi connectivity index (χ4n) is 2.11. The molecule has 2 aromatic carbocycles. The van der Waals surface area contributed by atoms with Gasteiger partial charge in [-0.2, -0.15) is 0 Å². The number of benzene rings is 2. The number of carbonyl (C=O) groups is 2. The summed E-state index contributed by atoms with van der Waals surface area (Å²) in [7, 11) is 0. The van der Waals surface area contributed by atoms with E-state index in [2.05, 4.69) is 0 Å². The molecule has 6 heteroatoms. The lowest BCUT2D eigenvalue weighted by atomic mass is 10.1. The number of hydrogen-bond donors (Lipinski definition) is 0. The van der Waals surface area contributed by atoms with Gasteiger partial charge in [0.05, 0.1) is 11.9 Å². The maximum atomic E-state index is 12.4. The second kappa shape index (κ2) is 4.68. The van der Waals surface area contributed by atoms with Gasteiger partial charge in [0.25, 0.3) is 0 Å². The molecule has 0 fully saturated rings. The molecule has 21 heavy (non-hydrogen) atoms. The normalized spacial score (nSPS) is 10.9. The third-order valence-electron chi connectivity index (χ3n) is 3.14. The lowest BCUT2D eigenvalue weighted by molar-refractivity contribution is -0.256. The van der Waals surface area contributed by atoms with Crippen LogP contribution >= 0.6 is 11.3 Å². The predicted molar refractivity (Wildman–Crippen MR) is 74.3 cm³/mol. The fraction of sp³-hybridized carbons (Fsp3) is 0. The van der Waals surface area contributed by atoms with Crippen LogP contribution in [0.25, 0.3) is 20.2 Å². The van der Waals surface area contributed by atoms with Crippen LogP contribution in [-0.2, 0) is 0 Å². The molecule has 0 aliphatic heterocycles. The van der Waals surface area contributed by atoms with Crippen LogP contribution in [-0.4, -0.2) is 11.9 Å². The monoisotopic (exact) mass is 298 g/mol. The van der Waals surface area contributed by atoms with E-state index in [1.54, 1.807) is 12.1 Å². The Morgan fingerprint density at radius 1 is 0.810 bits per heavy atom. The Morgan fingerprint density at radius 3 is 1.62 bits per heavy atom. The number of carboxylic acids is 2. The summed E-state index contributed by atoms with van der Waals surface area (Å²) in [5.74, 6) is -2.74. The molecule has 0 spiro atoms. The summed E-state index contributed by atoms with van der Waals surface area (Å²) in [6, 6.07) is 8.31. The minimum absolute atomic E-state index is 0.0952. The fourth-order valence-corrected chi connectivity index (χ4v) is 3.14. The van der Waals surface area contributed by atoms with Crippen molar-refractivity contribution in [2.24, 2.45) is 0 Å². The van der Waals surface area contributed by atoms with Crippen LogP contribution < -0.4 is 15.6 Å². The zero-order chi connectivity index (χ0) is 15.1. The highest BCUT2D eigenvalue weighted by Crippen LogP contribution is 2.25. The number of carboxylic acid groups (broad SMARTS) is 2. The first-order valence-corrected chi connectivity index (χ1v) is 6.72. The highest BCUT2D eigenvalue weighted by molar-refractivity contribution is 7.24. The van der Waals surface area contributed by atoms with Crippen LogP contribution in [0.1, 0.15) is 20.7 Å². The van der Waals surface area contributed by atoms with Crippen molar-refractivity contribution in [3.05, 3.63) is 57.7 Å². The van der Waals surface area contributed by atoms with Gasteiger partial charge in [0.1, 0.15) is 0 Å². The molecule has 5 nitrogen and oxygen atoms in total. The van der Waals surface area contributed by atoms with Gasteiger partial charge < -0.3 is 19.8 Å². The molecular formula is C15H6O5S-2. The molecule has 0 atom stereocenters. The van der Waals surface area contributed by atoms with Gasteiger partial charge >= 0.3 is 0 Å². The van der Waals surface area contributed by atoms with E-state index < -0.39 is 17.4 Å². The summed E-state index contributed by atoms with van der Waals surface area (Å²) in [6.07, 6.45) is 0. The van der Waals surface area contributed by atoms with Crippen molar-refractivity contribution in [1.29, 1.82) is 0 Å². The Balaban J connectivity index is 2.42. The van der Waals surface area contributed by atoms with E-state index in [-0.39, 0.29) is 21.9 Å². The summed E-state index contributed by atoms with van der Waals surface area (Å²) in [4.78, 5) is 34.2. The molecule has 0 N–H and O–H groups in total. The minimum Gasteiger partial charge on any atom is -0.545 e. The molecule has 0 saturated carbocycles. The number of hydrogen-bond acceptors (Lipinski definition) is 6. The second-order valence-electron chi connectivity index (χ2n) is 4.43. The molecule has 1 aromatic heterocycles. The van der Waals surface area contributed by atoms with Crippen molar-refractivity contribution in [2.75, 3.05) is 0 Å². The van der Waals surface area contributed by atoms with E-state index in [1.807, 2.05) is 0 Å². The van der Waals surface area contributed by atoms with Crippen molar-refractivity contribution in [2.45, 2.75) is 0 Å². The average Bonchev–Trinajstić information content (AvgIpc) is 2.46. The van der Waals surface area contributed by atoms with Gasteiger partial charge in [0, 0.05) is 20.2 Å². The van der Waals surface area contributed by atoms with Gasteiger partial charge in [0.2, 0.25) is 0 Å². The van der Waals surface area contributed by atoms with Crippen LogP contribution in [0.3, 0.4) is 0 Å². The molecule has 0 bridgehead atoms. The minimum atomic E-state index is -1.37. The first-order chi connectivity index (χ1) is 9.97. The van der Waals surface area contributed by atoms with Gasteiger partial charge in [-0.1, -0.05) is 12.1 Å². The topological polar surface area (TPSA) is 97.3 Å². The Morgan fingerprint density at radius 2 is 1.24 bits per heavy atom. The second-order valence-corrected chi connectivity index (χ2v) is 5.51. The number of fused-ring (bicyclic) bond motifs is 2. The Hall–Kier alpha value is -2.73. The van der Waals surface area contributed by atoms with E-state index in [4.69, 9.17) is 0 Å². The van der Waals surface area contributed by atoms with Crippen molar-refractivity contribution in [3.63, 3.8) is 0 Å². The summed E-state index contributed by atoms with van der Waals surface area (Å²) < 4.78 is 1.25. The maximum absolute atomic E-state index is 12.4. The van der Waals surface area contributed by atoms with E-state index in [9.17, 15) is 24.6 Å².